The van der Waals surface area contributed by atoms with Crippen LogP contribution in [0.25, 0.3) is 0 Å². The number of alkyl halides is 3. The smallest absolute Gasteiger partial charge is 0.416 e. The molecular formula is C17H11F4NO5. The minimum atomic E-state index is -4.67. The van der Waals surface area contributed by atoms with E-state index in [-0.39, 0.29) is 22.6 Å². The van der Waals surface area contributed by atoms with Crippen LogP contribution in [0.5, 0.6) is 5.75 Å². The second-order valence-corrected chi connectivity index (χ2v) is 5.63. The Balaban J connectivity index is 2.01. The zero-order valence-corrected chi connectivity index (χ0v) is 13.4. The van der Waals surface area contributed by atoms with Crippen LogP contribution >= 0.6 is 0 Å². The van der Waals surface area contributed by atoms with Gasteiger partial charge in [0.2, 0.25) is 0 Å². The van der Waals surface area contributed by atoms with Crippen LogP contribution in [0, 0.1) is 5.82 Å². The molecule has 0 atom stereocenters. The standard InChI is InChI=1S/C17H11F4NO5/c18-12-3-2-11(17(19,20)21)5-10(12)7-22-13-6-9(16(24)27-25)1-4-14(13)26-8-15(22)23/h1-6,25H,7-8H2. The number of nitrogens with zero attached hydrogens (tertiary/aromatic N) is 1. The Bertz CT molecular complexity index is 913. The number of fused-ring (bicyclic) bond motifs is 1. The minimum Gasteiger partial charge on any atom is -0.482 e. The third kappa shape index (κ3) is 3.70. The van der Waals surface area contributed by atoms with Gasteiger partial charge in [-0.3, -0.25) is 9.68 Å². The second kappa shape index (κ2) is 6.88. The molecule has 0 aliphatic carbocycles. The molecular weight excluding hydrogens is 374 g/mol. The molecule has 1 amide bonds. The van der Waals surface area contributed by atoms with Crippen LogP contribution in [-0.4, -0.2) is 23.7 Å². The minimum absolute atomic E-state index is 0.0333. The second-order valence-electron chi connectivity index (χ2n) is 5.63. The van der Waals surface area contributed by atoms with Gasteiger partial charge < -0.3 is 9.64 Å². The summed E-state index contributed by atoms with van der Waals surface area (Å²) in [6, 6.07) is 5.62. The van der Waals surface area contributed by atoms with Gasteiger partial charge in [-0.2, -0.15) is 18.4 Å². The topological polar surface area (TPSA) is 76.1 Å². The van der Waals surface area contributed by atoms with Gasteiger partial charge in [-0.1, -0.05) is 0 Å². The third-order valence-corrected chi connectivity index (χ3v) is 3.92. The molecule has 1 N–H and O–H groups in total. The molecule has 0 unspecified atom stereocenters. The van der Waals surface area contributed by atoms with Crippen molar-refractivity contribution < 1.29 is 42.0 Å². The Morgan fingerprint density at radius 1 is 1.22 bits per heavy atom. The molecule has 2 aromatic rings. The van der Waals surface area contributed by atoms with Crippen molar-refractivity contribution in [2.75, 3.05) is 11.5 Å². The van der Waals surface area contributed by atoms with E-state index in [2.05, 4.69) is 4.89 Å². The number of carbonyl (C=O) groups is 2. The van der Waals surface area contributed by atoms with Gasteiger partial charge in [-0.15, -0.1) is 0 Å². The molecule has 2 aromatic carbocycles. The number of hydrogen-bond donors (Lipinski definition) is 1. The predicted molar refractivity (Wildman–Crippen MR) is 82.6 cm³/mol. The molecule has 3 rings (SSSR count). The Hall–Kier alpha value is -3.14. The zero-order chi connectivity index (χ0) is 19.8. The predicted octanol–water partition coefficient (Wildman–Crippen LogP) is 3.40. The quantitative estimate of drug-likeness (QED) is 0.498. The van der Waals surface area contributed by atoms with Crippen molar-refractivity contribution in [2.24, 2.45) is 0 Å². The molecule has 0 bridgehead atoms. The number of carbonyl (C=O) groups excluding carboxylic acids is 2. The number of ether oxygens (including phenoxy) is 1. The lowest BCUT2D eigenvalue weighted by atomic mass is 10.1. The summed E-state index contributed by atoms with van der Waals surface area (Å²) >= 11 is 0. The van der Waals surface area contributed by atoms with E-state index in [0.717, 1.165) is 11.0 Å². The van der Waals surface area contributed by atoms with E-state index in [1.165, 1.54) is 12.1 Å². The SMILES string of the molecule is O=C(OO)c1ccc2c(c1)N(Cc1cc(C(F)(F)F)ccc1F)C(=O)CO2. The number of rotatable bonds is 3. The average molecular weight is 385 g/mol. The van der Waals surface area contributed by atoms with Crippen molar-refractivity contribution in [1.29, 1.82) is 0 Å². The highest BCUT2D eigenvalue weighted by molar-refractivity contribution is 6.00. The summed E-state index contributed by atoms with van der Waals surface area (Å²) in [6.45, 7) is -0.917. The van der Waals surface area contributed by atoms with E-state index < -0.39 is 42.6 Å². The number of benzene rings is 2. The maximum atomic E-state index is 14.0. The molecule has 1 aliphatic heterocycles. The molecule has 0 radical (unpaired) electrons. The van der Waals surface area contributed by atoms with Gasteiger partial charge >= 0.3 is 12.1 Å². The summed E-state index contributed by atoms with van der Waals surface area (Å²) in [7, 11) is 0. The van der Waals surface area contributed by atoms with Gasteiger partial charge in [-0.05, 0) is 36.4 Å². The van der Waals surface area contributed by atoms with Crippen molar-refractivity contribution >= 4 is 17.6 Å². The van der Waals surface area contributed by atoms with Crippen molar-refractivity contribution in [3.8, 4) is 5.75 Å². The maximum absolute atomic E-state index is 14.0. The molecule has 10 heteroatoms. The first kappa shape index (κ1) is 18.6. The lowest BCUT2D eigenvalue weighted by Crippen LogP contribution is -2.38. The molecule has 1 heterocycles. The van der Waals surface area contributed by atoms with Crippen molar-refractivity contribution in [3.63, 3.8) is 0 Å². The van der Waals surface area contributed by atoms with E-state index in [1.807, 2.05) is 0 Å². The fraction of sp³-hybridized carbons (Fsp3) is 0.176. The highest BCUT2D eigenvalue weighted by Gasteiger charge is 2.32. The highest BCUT2D eigenvalue weighted by atomic mass is 19.4. The van der Waals surface area contributed by atoms with Crippen molar-refractivity contribution in [2.45, 2.75) is 12.7 Å². The maximum Gasteiger partial charge on any atom is 0.416 e. The first-order chi connectivity index (χ1) is 12.7. The van der Waals surface area contributed by atoms with Crippen LogP contribution < -0.4 is 9.64 Å². The summed E-state index contributed by atoms with van der Waals surface area (Å²) in [4.78, 5) is 28.3. The molecule has 1 aliphatic rings. The summed E-state index contributed by atoms with van der Waals surface area (Å²) in [5.74, 6) is -2.51. The van der Waals surface area contributed by atoms with Crippen LogP contribution in [0.3, 0.4) is 0 Å². The average Bonchev–Trinajstić information content (AvgIpc) is 2.63. The third-order valence-electron chi connectivity index (χ3n) is 3.92. The van der Waals surface area contributed by atoms with Crippen LogP contribution in [0.4, 0.5) is 23.2 Å². The Kier molecular flexibility index (Phi) is 4.75. The summed E-state index contributed by atoms with van der Waals surface area (Å²) in [6.07, 6.45) is -4.67. The zero-order valence-electron chi connectivity index (χ0n) is 13.4. The lowest BCUT2D eigenvalue weighted by molar-refractivity contribution is -0.182. The Morgan fingerprint density at radius 3 is 2.63 bits per heavy atom. The molecule has 142 valence electrons. The van der Waals surface area contributed by atoms with Gasteiger partial charge in [0.1, 0.15) is 11.6 Å². The van der Waals surface area contributed by atoms with E-state index in [0.29, 0.717) is 18.2 Å². The van der Waals surface area contributed by atoms with Crippen molar-refractivity contribution in [3.05, 3.63) is 58.9 Å². The Morgan fingerprint density at radius 2 is 1.96 bits per heavy atom. The van der Waals surface area contributed by atoms with Crippen molar-refractivity contribution in [1.82, 2.24) is 0 Å². The molecule has 0 saturated heterocycles. The first-order valence-electron chi connectivity index (χ1n) is 7.49. The van der Waals surface area contributed by atoms with Gasteiger partial charge in [0.25, 0.3) is 5.91 Å². The monoisotopic (exact) mass is 385 g/mol. The number of amides is 1. The Labute approximate surface area is 149 Å². The molecule has 0 saturated carbocycles. The van der Waals surface area contributed by atoms with E-state index in [9.17, 15) is 27.2 Å². The van der Waals surface area contributed by atoms with Crippen LogP contribution in [0.1, 0.15) is 21.5 Å². The van der Waals surface area contributed by atoms with Crippen LogP contribution in [0.2, 0.25) is 0 Å². The normalized spacial score (nSPS) is 13.8. The van der Waals surface area contributed by atoms with Crippen LogP contribution in [0.15, 0.2) is 36.4 Å². The van der Waals surface area contributed by atoms with Gasteiger partial charge in [0.05, 0.1) is 23.4 Å². The molecule has 0 aromatic heterocycles. The number of halogens is 4. The fourth-order valence-electron chi connectivity index (χ4n) is 2.60. The summed E-state index contributed by atoms with van der Waals surface area (Å²) in [5, 5.41) is 8.47. The van der Waals surface area contributed by atoms with Gasteiger partial charge in [-0.25, -0.2) is 9.18 Å². The van der Waals surface area contributed by atoms with E-state index in [4.69, 9.17) is 9.99 Å². The van der Waals surface area contributed by atoms with Crippen LogP contribution in [-0.2, 0) is 22.4 Å². The van der Waals surface area contributed by atoms with E-state index in [1.54, 1.807) is 0 Å². The summed E-state index contributed by atoms with van der Waals surface area (Å²) in [5.41, 5.74) is -1.52. The largest absolute Gasteiger partial charge is 0.482 e. The number of hydrogen-bond acceptors (Lipinski definition) is 5. The fourth-order valence-corrected chi connectivity index (χ4v) is 2.60. The van der Waals surface area contributed by atoms with Gasteiger partial charge in [0.15, 0.2) is 6.61 Å². The van der Waals surface area contributed by atoms with E-state index >= 15 is 0 Å². The molecule has 0 fully saturated rings. The highest BCUT2D eigenvalue weighted by Crippen LogP contribution is 2.35. The number of anilines is 1. The van der Waals surface area contributed by atoms with Gasteiger partial charge in [0, 0.05) is 5.56 Å². The molecule has 6 nitrogen and oxygen atoms in total. The molecule has 0 spiro atoms. The first-order valence-corrected chi connectivity index (χ1v) is 7.49. The summed E-state index contributed by atoms with van der Waals surface area (Å²) < 4.78 is 57.9. The lowest BCUT2D eigenvalue weighted by Gasteiger charge is -2.30. The molecule has 27 heavy (non-hydrogen) atoms.